The average molecular weight is 333 g/mol. The molecule has 4 rings (SSSR count). The zero-order valence-electron chi connectivity index (χ0n) is 12.1. The molecule has 0 amide bonds. The van der Waals surface area contributed by atoms with Crippen LogP contribution in [-0.2, 0) is 6.42 Å². The number of anilines is 1. The van der Waals surface area contributed by atoms with Gasteiger partial charge in [0.25, 0.3) is 0 Å². The normalized spacial score (nSPS) is 13.3. The molecule has 8 nitrogen and oxygen atoms in total. The summed E-state index contributed by atoms with van der Waals surface area (Å²) in [5.74, 6) is 2.03. The summed E-state index contributed by atoms with van der Waals surface area (Å²) in [4.78, 5) is 0. The number of ether oxygens (including phenoxy) is 2. The summed E-state index contributed by atoms with van der Waals surface area (Å²) in [7, 11) is 0. The van der Waals surface area contributed by atoms with Gasteiger partial charge in [0.05, 0.1) is 5.02 Å². The van der Waals surface area contributed by atoms with Gasteiger partial charge in [-0.05, 0) is 46.7 Å². The lowest BCUT2D eigenvalue weighted by Gasteiger charge is -2.20. The van der Waals surface area contributed by atoms with Crippen molar-refractivity contribution in [2.75, 3.05) is 25.1 Å². The van der Waals surface area contributed by atoms with Crippen molar-refractivity contribution < 1.29 is 9.47 Å². The highest BCUT2D eigenvalue weighted by Crippen LogP contribution is 2.38. The number of rotatable bonds is 4. The van der Waals surface area contributed by atoms with Gasteiger partial charge in [-0.15, -0.1) is 14.8 Å². The molecule has 1 aromatic carbocycles. The monoisotopic (exact) mass is 332 g/mol. The SMILES string of the molecule is Clc1cc(CCNc2ccc3nnnn3n2)cc2c1OCCO2. The van der Waals surface area contributed by atoms with Crippen LogP contribution in [0.3, 0.4) is 0 Å². The van der Waals surface area contributed by atoms with Crippen LogP contribution in [0.4, 0.5) is 5.82 Å². The molecule has 118 valence electrons. The van der Waals surface area contributed by atoms with Crippen LogP contribution in [0.25, 0.3) is 5.65 Å². The van der Waals surface area contributed by atoms with Crippen molar-refractivity contribution in [3.05, 3.63) is 34.9 Å². The fourth-order valence-electron chi connectivity index (χ4n) is 2.39. The van der Waals surface area contributed by atoms with E-state index < -0.39 is 0 Å². The van der Waals surface area contributed by atoms with Crippen molar-refractivity contribution in [3.63, 3.8) is 0 Å². The van der Waals surface area contributed by atoms with Crippen LogP contribution in [0.1, 0.15) is 5.56 Å². The van der Waals surface area contributed by atoms with E-state index in [1.807, 2.05) is 18.2 Å². The smallest absolute Gasteiger partial charge is 0.200 e. The van der Waals surface area contributed by atoms with Crippen LogP contribution < -0.4 is 14.8 Å². The Morgan fingerprint density at radius 1 is 1.22 bits per heavy atom. The van der Waals surface area contributed by atoms with Gasteiger partial charge in [-0.2, -0.15) is 0 Å². The molecule has 1 aliphatic heterocycles. The number of fused-ring (bicyclic) bond motifs is 2. The maximum absolute atomic E-state index is 6.23. The van der Waals surface area contributed by atoms with E-state index >= 15 is 0 Å². The van der Waals surface area contributed by atoms with Gasteiger partial charge in [0.2, 0.25) is 0 Å². The van der Waals surface area contributed by atoms with E-state index in [0.717, 1.165) is 12.0 Å². The van der Waals surface area contributed by atoms with Gasteiger partial charge in [-0.1, -0.05) is 11.6 Å². The number of nitrogens with zero attached hydrogens (tertiary/aromatic N) is 5. The molecule has 0 aliphatic carbocycles. The fourth-order valence-corrected chi connectivity index (χ4v) is 2.68. The summed E-state index contributed by atoms with van der Waals surface area (Å²) in [6.45, 7) is 1.76. The van der Waals surface area contributed by atoms with Crippen molar-refractivity contribution in [2.45, 2.75) is 6.42 Å². The first kappa shape index (κ1) is 14.0. The van der Waals surface area contributed by atoms with E-state index in [4.69, 9.17) is 21.1 Å². The van der Waals surface area contributed by atoms with Gasteiger partial charge in [-0.25, -0.2) is 0 Å². The van der Waals surface area contributed by atoms with E-state index in [1.165, 1.54) is 4.63 Å². The van der Waals surface area contributed by atoms with Gasteiger partial charge < -0.3 is 14.8 Å². The summed E-state index contributed by atoms with van der Waals surface area (Å²) in [5.41, 5.74) is 1.67. The Morgan fingerprint density at radius 3 is 3.09 bits per heavy atom. The zero-order valence-corrected chi connectivity index (χ0v) is 12.8. The number of nitrogens with one attached hydrogen (secondary N) is 1. The zero-order chi connectivity index (χ0) is 15.6. The summed E-state index contributed by atoms with van der Waals surface area (Å²) < 4.78 is 12.5. The first-order valence-corrected chi connectivity index (χ1v) is 7.55. The molecule has 0 saturated heterocycles. The van der Waals surface area contributed by atoms with Gasteiger partial charge in [0.1, 0.15) is 19.0 Å². The van der Waals surface area contributed by atoms with Crippen LogP contribution in [0.2, 0.25) is 5.02 Å². The predicted molar refractivity (Wildman–Crippen MR) is 83.2 cm³/mol. The first-order chi connectivity index (χ1) is 11.3. The molecule has 0 bridgehead atoms. The maximum Gasteiger partial charge on any atom is 0.200 e. The third-order valence-corrected chi connectivity index (χ3v) is 3.73. The third kappa shape index (κ3) is 2.85. The molecule has 0 atom stereocenters. The molecule has 3 aromatic rings. The molecule has 0 unspecified atom stereocenters. The van der Waals surface area contributed by atoms with Crippen molar-refractivity contribution in [3.8, 4) is 11.5 Å². The highest BCUT2D eigenvalue weighted by molar-refractivity contribution is 6.32. The molecule has 0 saturated carbocycles. The number of hydrogen-bond donors (Lipinski definition) is 1. The molecular weight excluding hydrogens is 320 g/mol. The van der Waals surface area contributed by atoms with Crippen molar-refractivity contribution >= 4 is 23.1 Å². The number of aromatic nitrogens is 5. The highest BCUT2D eigenvalue weighted by Gasteiger charge is 2.16. The second kappa shape index (κ2) is 5.88. The quantitative estimate of drug-likeness (QED) is 0.776. The van der Waals surface area contributed by atoms with Crippen LogP contribution in [-0.4, -0.2) is 45.0 Å². The minimum absolute atomic E-state index is 0.527. The molecule has 0 fully saturated rings. The largest absolute Gasteiger partial charge is 0.486 e. The summed E-state index contributed by atoms with van der Waals surface area (Å²) in [6, 6.07) is 7.49. The average Bonchev–Trinajstić information content (AvgIpc) is 3.03. The van der Waals surface area contributed by atoms with Gasteiger partial charge in [0.15, 0.2) is 17.1 Å². The number of tetrazole rings is 1. The number of halogens is 1. The van der Waals surface area contributed by atoms with Crippen LogP contribution in [0.5, 0.6) is 11.5 Å². The van der Waals surface area contributed by atoms with Gasteiger partial charge in [-0.3, -0.25) is 0 Å². The Kier molecular flexibility index (Phi) is 3.58. The van der Waals surface area contributed by atoms with E-state index in [1.54, 1.807) is 6.07 Å². The third-order valence-electron chi connectivity index (χ3n) is 3.45. The van der Waals surface area contributed by atoms with Gasteiger partial charge >= 0.3 is 0 Å². The van der Waals surface area contributed by atoms with E-state index in [-0.39, 0.29) is 0 Å². The standard InChI is InChI=1S/C14H13ClN6O2/c15-10-7-9(8-11-14(10)23-6-5-22-11)3-4-16-12-1-2-13-17-19-20-21(13)18-12/h1-2,7-8H,3-6H2,(H,16,18). The molecule has 1 aliphatic rings. The molecule has 0 spiro atoms. The lowest BCUT2D eigenvalue weighted by molar-refractivity contribution is 0.171. The lowest BCUT2D eigenvalue weighted by atomic mass is 10.1. The van der Waals surface area contributed by atoms with E-state index in [2.05, 4.69) is 25.9 Å². The topological polar surface area (TPSA) is 86.5 Å². The molecule has 23 heavy (non-hydrogen) atoms. The molecule has 0 radical (unpaired) electrons. The second-order valence-electron chi connectivity index (χ2n) is 5.02. The minimum Gasteiger partial charge on any atom is -0.486 e. The Hall–Kier alpha value is -2.61. The Balaban J connectivity index is 1.43. The molecule has 3 heterocycles. The Bertz CT molecular complexity index is 852. The lowest BCUT2D eigenvalue weighted by Crippen LogP contribution is -2.16. The van der Waals surface area contributed by atoms with Crippen molar-refractivity contribution in [1.82, 2.24) is 25.3 Å². The maximum atomic E-state index is 6.23. The van der Waals surface area contributed by atoms with Crippen LogP contribution in [0.15, 0.2) is 24.3 Å². The van der Waals surface area contributed by atoms with Crippen molar-refractivity contribution in [1.29, 1.82) is 0 Å². The molecular formula is C14H13ClN6O2. The van der Waals surface area contributed by atoms with E-state index in [0.29, 0.717) is 47.7 Å². The van der Waals surface area contributed by atoms with Crippen LogP contribution in [0, 0.1) is 0 Å². The summed E-state index contributed by atoms with van der Waals surface area (Å²) in [6.07, 6.45) is 0.770. The van der Waals surface area contributed by atoms with Crippen LogP contribution >= 0.6 is 11.6 Å². The highest BCUT2D eigenvalue weighted by atomic mass is 35.5. The predicted octanol–water partition coefficient (Wildman–Crippen LogP) is 1.60. The minimum atomic E-state index is 0.527. The van der Waals surface area contributed by atoms with Crippen molar-refractivity contribution in [2.24, 2.45) is 0 Å². The second-order valence-corrected chi connectivity index (χ2v) is 5.43. The van der Waals surface area contributed by atoms with Gasteiger partial charge in [0, 0.05) is 6.54 Å². The molecule has 9 heteroatoms. The summed E-state index contributed by atoms with van der Waals surface area (Å²) >= 11 is 6.23. The summed E-state index contributed by atoms with van der Waals surface area (Å²) in [5, 5.41) is 19.2. The number of hydrogen-bond acceptors (Lipinski definition) is 7. The molecule has 2 aromatic heterocycles. The Labute approximate surface area is 136 Å². The Morgan fingerprint density at radius 2 is 2.13 bits per heavy atom. The first-order valence-electron chi connectivity index (χ1n) is 7.17. The number of benzene rings is 1. The van der Waals surface area contributed by atoms with E-state index in [9.17, 15) is 0 Å². The molecule has 1 N–H and O–H groups in total. The fraction of sp³-hybridized carbons (Fsp3) is 0.286.